The lowest BCUT2D eigenvalue weighted by molar-refractivity contribution is -0.137. The highest BCUT2D eigenvalue weighted by atomic mass is 19.4. The van der Waals surface area contributed by atoms with E-state index in [0.717, 1.165) is 12.1 Å². The molecule has 1 heterocycles. The van der Waals surface area contributed by atoms with Gasteiger partial charge in [-0.3, -0.25) is 0 Å². The van der Waals surface area contributed by atoms with Gasteiger partial charge in [0.05, 0.1) is 11.8 Å². The Kier molecular flexibility index (Phi) is 3.08. The van der Waals surface area contributed by atoms with Gasteiger partial charge >= 0.3 is 6.18 Å². The van der Waals surface area contributed by atoms with E-state index >= 15 is 0 Å². The van der Waals surface area contributed by atoms with Crippen molar-refractivity contribution in [3.05, 3.63) is 54.0 Å². The molecule has 17 heavy (non-hydrogen) atoms. The van der Waals surface area contributed by atoms with Gasteiger partial charge in [-0.1, -0.05) is 6.07 Å². The molecule has 1 aromatic carbocycles. The summed E-state index contributed by atoms with van der Waals surface area (Å²) in [7, 11) is 0. The van der Waals surface area contributed by atoms with Gasteiger partial charge in [0.25, 0.3) is 0 Å². The van der Waals surface area contributed by atoms with Crippen LogP contribution in [0.15, 0.2) is 47.1 Å². The first-order chi connectivity index (χ1) is 8.05. The van der Waals surface area contributed by atoms with Crippen LogP contribution in [0.2, 0.25) is 0 Å². The molecule has 0 aliphatic heterocycles. The molecule has 0 radical (unpaired) electrons. The lowest BCUT2D eigenvalue weighted by Crippen LogP contribution is -2.05. The third kappa shape index (κ3) is 3.03. The van der Waals surface area contributed by atoms with Gasteiger partial charge in [-0.15, -0.1) is 0 Å². The number of alkyl halides is 3. The van der Waals surface area contributed by atoms with Gasteiger partial charge in [0.2, 0.25) is 0 Å². The van der Waals surface area contributed by atoms with Crippen molar-refractivity contribution in [3.63, 3.8) is 0 Å². The van der Waals surface area contributed by atoms with E-state index in [1.165, 1.54) is 18.4 Å². The van der Waals surface area contributed by atoms with Gasteiger partial charge in [-0.2, -0.15) is 13.2 Å². The molecule has 0 saturated heterocycles. The highest BCUT2D eigenvalue weighted by Gasteiger charge is 2.30. The Bertz CT molecular complexity index is 475. The summed E-state index contributed by atoms with van der Waals surface area (Å²) >= 11 is 0. The van der Waals surface area contributed by atoms with Crippen LogP contribution in [0, 0.1) is 0 Å². The zero-order valence-electron chi connectivity index (χ0n) is 8.70. The van der Waals surface area contributed by atoms with E-state index in [2.05, 4.69) is 0 Å². The van der Waals surface area contributed by atoms with Crippen LogP contribution in [0.5, 0.6) is 5.75 Å². The van der Waals surface area contributed by atoms with Crippen LogP contribution in [0.3, 0.4) is 0 Å². The molecule has 0 N–H and O–H groups in total. The second kappa shape index (κ2) is 4.53. The van der Waals surface area contributed by atoms with Crippen molar-refractivity contribution in [1.82, 2.24) is 0 Å². The Hall–Kier alpha value is -1.91. The summed E-state index contributed by atoms with van der Waals surface area (Å²) in [4.78, 5) is 0. The van der Waals surface area contributed by atoms with Crippen LogP contribution in [0.1, 0.15) is 11.3 Å². The number of rotatable bonds is 3. The largest absolute Gasteiger partial charge is 0.486 e. The second-order valence-electron chi connectivity index (χ2n) is 3.39. The molecular weight excluding hydrogens is 233 g/mol. The van der Waals surface area contributed by atoms with E-state index in [9.17, 15) is 13.2 Å². The molecule has 0 bridgehead atoms. The summed E-state index contributed by atoms with van der Waals surface area (Å²) in [6.45, 7) is 0.105. The van der Waals surface area contributed by atoms with Crippen molar-refractivity contribution in [2.75, 3.05) is 0 Å². The van der Waals surface area contributed by atoms with Crippen molar-refractivity contribution in [2.24, 2.45) is 0 Å². The number of furan rings is 1. The molecule has 0 spiro atoms. The molecule has 2 rings (SSSR count). The van der Waals surface area contributed by atoms with Crippen molar-refractivity contribution >= 4 is 0 Å². The van der Waals surface area contributed by atoms with Gasteiger partial charge in [0, 0.05) is 0 Å². The first-order valence-corrected chi connectivity index (χ1v) is 4.88. The number of benzene rings is 1. The summed E-state index contributed by atoms with van der Waals surface area (Å²) in [5.74, 6) is 0.721. The van der Waals surface area contributed by atoms with Crippen molar-refractivity contribution in [3.8, 4) is 5.75 Å². The van der Waals surface area contributed by atoms with Crippen LogP contribution in [0.25, 0.3) is 0 Å². The molecule has 1 aromatic heterocycles. The van der Waals surface area contributed by atoms with Crippen LogP contribution < -0.4 is 4.74 Å². The fourth-order valence-electron chi connectivity index (χ4n) is 1.31. The maximum Gasteiger partial charge on any atom is 0.416 e. The van der Waals surface area contributed by atoms with Gasteiger partial charge in [-0.25, -0.2) is 0 Å². The van der Waals surface area contributed by atoms with E-state index in [1.54, 1.807) is 12.1 Å². The topological polar surface area (TPSA) is 22.4 Å². The molecule has 5 heteroatoms. The van der Waals surface area contributed by atoms with Gasteiger partial charge in [0.1, 0.15) is 18.1 Å². The fraction of sp³-hybridized carbons (Fsp3) is 0.167. The van der Waals surface area contributed by atoms with E-state index in [0.29, 0.717) is 5.76 Å². The normalized spacial score (nSPS) is 11.5. The highest BCUT2D eigenvalue weighted by molar-refractivity contribution is 5.30. The first kappa shape index (κ1) is 11.6. The molecule has 0 atom stereocenters. The van der Waals surface area contributed by atoms with E-state index in [4.69, 9.17) is 9.15 Å². The molecule has 2 aromatic rings. The highest BCUT2D eigenvalue weighted by Crippen LogP contribution is 2.31. The average Bonchev–Trinajstić information content (AvgIpc) is 2.78. The minimum absolute atomic E-state index is 0.105. The third-order valence-electron chi connectivity index (χ3n) is 2.12. The summed E-state index contributed by atoms with van der Waals surface area (Å²) < 4.78 is 47.4. The molecule has 0 aliphatic carbocycles. The number of hydrogen-bond donors (Lipinski definition) is 0. The van der Waals surface area contributed by atoms with Crippen LogP contribution >= 0.6 is 0 Å². The molecule has 0 fully saturated rings. The predicted molar refractivity (Wildman–Crippen MR) is 54.5 cm³/mol. The molecule has 90 valence electrons. The van der Waals surface area contributed by atoms with Crippen molar-refractivity contribution < 1.29 is 22.3 Å². The zero-order valence-corrected chi connectivity index (χ0v) is 8.70. The Balaban J connectivity index is 2.07. The van der Waals surface area contributed by atoms with E-state index in [1.807, 2.05) is 0 Å². The van der Waals surface area contributed by atoms with Gasteiger partial charge in [-0.05, 0) is 30.3 Å². The molecule has 2 nitrogen and oxygen atoms in total. The van der Waals surface area contributed by atoms with Crippen LogP contribution in [0.4, 0.5) is 13.2 Å². The number of halogens is 3. The Morgan fingerprint density at radius 2 is 1.94 bits per heavy atom. The summed E-state index contributed by atoms with van der Waals surface area (Å²) in [5.41, 5.74) is -0.727. The lowest BCUT2D eigenvalue weighted by atomic mass is 10.2. The van der Waals surface area contributed by atoms with Crippen molar-refractivity contribution in [2.45, 2.75) is 12.8 Å². The Morgan fingerprint density at radius 3 is 2.59 bits per heavy atom. The van der Waals surface area contributed by atoms with Crippen LogP contribution in [-0.4, -0.2) is 0 Å². The van der Waals surface area contributed by atoms with Crippen molar-refractivity contribution in [1.29, 1.82) is 0 Å². The van der Waals surface area contributed by atoms with E-state index in [-0.39, 0.29) is 12.4 Å². The molecule has 0 amide bonds. The lowest BCUT2D eigenvalue weighted by Gasteiger charge is -2.09. The maximum atomic E-state index is 12.4. The molecule has 0 saturated carbocycles. The Labute approximate surface area is 95.6 Å². The summed E-state index contributed by atoms with van der Waals surface area (Å²) in [6.07, 6.45) is -2.88. The summed E-state index contributed by atoms with van der Waals surface area (Å²) in [5, 5.41) is 0. The minimum atomic E-state index is -4.36. The Morgan fingerprint density at radius 1 is 1.12 bits per heavy atom. The average molecular weight is 242 g/mol. The van der Waals surface area contributed by atoms with Gasteiger partial charge < -0.3 is 9.15 Å². The third-order valence-corrected chi connectivity index (χ3v) is 2.12. The zero-order chi connectivity index (χ0) is 12.3. The molecule has 0 aliphatic rings. The number of ether oxygens (including phenoxy) is 1. The predicted octanol–water partition coefficient (Wildman–Crippen LogP) is 3.88. The SMILES string of the molecule is FC(F)(F)c1cccc(OCc2ccco2)c1. The number of hydrogen-bond acceptors (Lipinski definition) is 2. The molecule has 0 unspecified atom stereocenters. The molecular formula is C12H9F3O2. The van der Waals surface area contributed by atoms with Gasteiger partial charge in [0.15, 0.2) is 0 Å². The first-order valence-electron chi connectivity index (χ1n) is 4.88. The summed E-state index contributed by atoms with van der Waals surface area (Å²) in [6, 6.07) is 8.11. The van der Waals surface area contributed by atoms with Crippen LogP contribution in [-0.2, 0) is 12.8 Å². The second-order valence-corrected chi connectivity index (χ2v) is 3.39. The minimum Gasteiger partial charge on any atom is -0.486 e. The smallest absolute Gasteiger partial charge is 0.416 e. The quantitative estimate of drug-likeness (QED) is 0.814. The fourth-order valence-corrected chi connectivity index (χ4v) is 1.31. The maximum absolute atomic E-state index is 12.4. The standard InChI is InChI=1S/C12H9F3O2/c13-12(14,15)9-3-1-4-10(7-9)17-8-11-5-2-6-16-11/h1-7H,8H2. The monoisotopic (exact) mass is 242 g/mol. The van der Waals surface area contributed by atoms with E-state index < -0.39 is 11.7 Å².